The van der Waals surface area contributed by atoms with Gasteiger partial charge in [0.15, 0.2) is 0 Å². The van der Waals surface area contributed by atoms with E-state index >= 15 is 0 Å². The number of nitrogens with two attached hydrogens (primary N) is 1. The summed E-state index contributed by atoms with van der Waals surface area (Å²) >= 11 is 0. The molecular formula is C25H25N3O4. The van der Waals surface area contributed by atoms with Crippen LogP contribution in [-0.4, -0.2) is 31.4 Å². The van der Waals surface area contributed by atoms with Gasteiger partial charge in [0.25, 0.3) is 0 Å². The molecule has 164 valence electrons. The highest BCUT2D eigenvalue weighted by atomic mass is 16.5. The van der Waals surface area contributed by atoms with Gasteiger partial charge in [0.1, 0.15) is 6.61 Å². The van der Waals surface area contributed by atoms with Crippen molar-refractivity contribution in [1.29, 1.82) is 0 Å². The van der Waals surface area contributed by atoms with Crippen LogP contribution in [0.2, 0.25) is 0 Å². The Labute approximate surface area is 186 Å². The van der Waals surface area contributed by atoms with Crippen molar-refractivity contribution in [3.8, 4) is 0 Å². The molecule has 0 heterocycles. The smallest absolute Gasteiger partial charge is 0.338 e. The molecule has 0 aromatic heterocycles. The number of benzene rings is 3. The highest BCUT2D eigenvalue weighted by molar-refractivity contribution is 5.97. The lowest BCUT2D eigenvalue weighted by atomic mass is 9.96. The zero-order chi connectivity index (χ0) is 22.9. The number of ether oxygens (including phenoxy) is 1. The fourth-order valence-corrected chi connectivity index (χ4v) is 3.17. The summed E-state index contributed by atoms with van der Waals surface area (Å²) in [6, 6.07) is 22.6. The zero-order valence-corrected chi connectivity index (χ0v) is 17.7. The molecule has 1 atom stereocenters. The van der Waals surface area contributed by atoms with Gasteiger partial charge in [-0.1, -0.05) is 42.5 Å². The molecule has 32 heavy (non-hydrogen) atoms. The summed E-state index contributed by atoms with van der Waals surface area (Å²) in [6.45, 7) is 0.580. The SMILES string of the molecule is CNCC(C(=O)Nc1ccc(C(N)=O)cc1)c1ccc(COC(=O)c2ccccc2)cc1. The van der Waals surface area contributed by atoms with Crippen molar-refractivity contribution in [2.45, 2.75) is 12.5 Å². The van der Waals surface area contributed by atoms with Crippen molar-refractivity contribution in [3.63, 3.8) is 0 Å². The molecule has 1 unspecified atom stereocenters. The maximum absolute atomic E-state index is 12.9. The van der Waals surface area contributed by atoms with Crippen molar-refractivity contribution in [2.75, 3.05) is 18.9 Å². The van der Waals surface area contributed by atoms with Gasteiger partial charge in [-0.2, -0.15) is 0 Å². The number of hydrogen-bond donors (Lipinski definition) is 3. The molecule has 7 heteroatoms. The highest BCUT2D eigenvalue weighted by Gasteiger charge is 2.20. The van der Waals surface area contributed by atoms with Crippen LogP contribution in [-0.2, 0) is 16.1 Å². The molecule has 0 saturated heterocycles. The van der Waals surface area contributed by atoms with E-state index in [1.54, 1.807) is 55.6 Å². The van der Waals surface area contributed by atoms with Gasteiger partial charge in [-0.05, 0) is 54.6 Å². The first-order valence-electron chi connectivity index (χ1n) is 10.1. The van der Waals surface area contributed by atoms with Crippen molar-refractivity contribution in [3.05, 3.63) is 101 Å². The van der Waals surface area contributed by atoms with E-state index < -0.39 is 11.8 Å². The van der Waals surface area contributed by atoms with Crippen LogP contribution in [0.4, 0.5) is 5.69 Å². The molecule has 0 saturated carbocycles. The lowest BCUT2D eigenvalue weighted by Crippen LogP contribution is -2.29. The van der Waals surface area contributed by atoms with E-state index in [9.17, 15) is 14.4 Å². The second-order valence-corrected chi connectivity index (χ2v) is 7.22. The van der Waals surface area contributed by atoms with Crippen LogP contribution in [0.5, 0.6) is 0 Å². The molecule has 0 aliphatic carbocycles. The number of amides is 2. The standard InChI is InChI=1S/C25H25N3O4/c1-27-15-22(24(30)28-21-13-11-19(12-14-21)23(26)29)18-9-7-17(8-10-18)16-32-25(31)20-5-3-2-4-6-20/h2-14,22,27H,15-16H2,1H3,(H2,26,29)(H,28,30). The summed E-state index contributed by atoms with van der Waals surface area (Å²) in [4.78, 5) is 36.2. The number of nitrogens with one attached hydrogen (secondary N) is 2. The maximum Gasteiger partial charge on any atom is 0.338 e. The highest BCUT2D eigenvalue weighted by Crippen LogP contribution is 2.20. The quantitative estimate of drug-likeness (QED) is 0.451. The summed E-state index contributed by atoms with van der Waals surface area (Å²) < 4.78 is 5.35. The molecule has 3 rings (SSSR count). The predicted octanol–water partition coefficient (Wildman–Crippen LogP) is 3.08. The van der Waals surface area contributed by atoms with Crippen LogP contribution in [0.3, 0.4) is 0 Å². The molecule has 3 aromatic rings. The lowest BCUT2D eigenvalue weighted by Gasteiger charge is -2.17. The number of rotatable bonds is 9. The van der Waals surface area contributed by atoms with Crippen LogP contribution >= 0.6 is 0 Å². The predicted molar refractivity (Wildman–Crippen MR) is 122 cm³/mol. The van der Waals surface area contributed by atoms with Gasteiger partial charge in [0.05, 0.1) is 11.5 Å². The average molecular weight is 431 g/mol. The summed E-state index contributed by atoms with van der Waals surface area (Å²) in [5.74, 6) is -1.53. The minimum absolute atomic E-state index is 0.142. The Morgan fingerprint density at radius 3 is 2.12 bits per heavy atom. The minimum atomic E-state index is -0.523. The molecule has 2 amide bonds. The Hall–Kier alpha value is -3.97. The number of likely N-dealkylation sites (N-methyl/N-ethyl adjacent to an activating group) is 1. The summed E-state index contributed by atoms with van der Waals surface area (Å²) in [6.07, 6.45) is 0. The Balaban J connectivity index is 1.63. The molecule has 4 N–H and O–H groups in total. The lowest BCUT2D eigenvalue weighted by molar-refractivity contribution is -0.117. The van der Waals surface area contributed by atoms with E-state index in [0.29, 0.717) is 23.4 Å². The monoisotopic (exact) mass is 431 g/mol. The third-order valence-electron chi connectivity index (χ3n) is 4.92. The minimum Gasteiger partial charge on any atom is -0.457 e. The van der Waals surface area contributed by atoms with Gasteiger partial charge >= 0.3 is 5.97 Å². The van der Waals surface area contributed by atoms with Gasteiger partial charge in [-0.15, -0.1) is 0 Å². The molecule has 7 nitrogen and oxygen atoms in total. The Morgan fingerprint density at radius 2 is 1.53 bits per heavy atom. The zero-order valence-electron chi connectivity index (χ0n) is 17.7. The molecule has 0 spiro atoms. The fourth-order valence-electron chi connectivity index (χ4n) is 3.17. The molecular weight excluding hydrogens is 406 g/mol. The van der Waals surface area contributed by atoms with E-state index in [1.807, 2.05) is 30.3 Å². The number of carbonyl (C=O) groups is 3. The Kier molecular flexibility index (Phi) is 7.72. The van der Waals surface area contributed by atoms with Crippen molar-refractivity contribution in [1.82, 2.24) is 5.32 Å². The van der Waals surface area contributed by atoms with Crippen molar-refractivity contribution >= 4 is 23.5 Å². The first-order valence-corrected chi connectivity index (χ1v) is 10.1. The fraction of sp³-hybridized carbons (Fsp3) is 0.160. The number of esters is 1. The van der Waals surface area contributed by atoms with Crippen LogP contribution in [0.15, 0.2) is 78.9 Å². The van der Waals surface area contributed by atoms with E-state index in [-0.39, 0.29) is 18.5 Å². The van der Waals surface area contributed by atoms with Crippen molar-refractivity contribution < 1.29 is 19.1 Å². The van der Waals surface area contributed by atoms with Crippen LogP contribution in [0.25, 0.3) is 0 Å². The first kappa shape index (κ1) is 22.7. The van der Waals surface area contributed by atoms with Crippen molar-refractivity contribution in [2.24, 2.45) is 5.73 Å². The van der Waals surface area contributed by atoms with Gasteiger partial charge in [-0.25, -0.2) is 4.79 Å². The number of primary amides is 1. The topological polar surface area (TPSA) is 111 Å². The number of carbonyl (C=O) groups excluding carboxylic acids is 3. The first-order chi connectivity index (χ1) is 15.5. The maximum atomic E-state index is 12.9. The van der Waals surface area contributed by atoms with E-state index in [0.717, 1.165) is 11.1 Å². The molecule has 0 fully saturated rings. The summed E-state index contributed by atoms with van der Waals surface area (Å²) in [5.41, 5.74) is 8.34. The van der Waals surface area contributed by atoms with E-state index in [4.69, 9.17) is 10.5 Å². The third-order valence-corrected chi connectivity index (χ3v) is 4.92. The average Bonchev–Trinajstić information content (AvgIpc) is 2.82. The summed E-state index contributed by atoms with van der Waals surface area (Å²) in [7, 11) is 1.78. The second kappa shape index (κ2) is 10.9. The van der Waals surface area contributed by atoms with Gasteiger partial charge in [-0.3, -0.25) is 9.59 Å². The van der Waals surface area contributed by atoms with Crippen LogP contribution < -0.4 is 16.4 Å². The van der Waals surface area contributed by atoms with Gasteiger partial charge in [0, 0.05) is 17.8 Å². The Morgan fingerprint density at radius 1 is 0.875 bits per heavy atom. The number of hydrogen-bond acceptors (Lipinski definition) is 5. The molecule has 3 aromatic carbocycles. The van der Waals surface area contributed by atoms with Gasteiger partial charge in [0.2, 0.25) is 11.8 Å². The normalized spacial score (nSPS) is 11.4. The van der Waals surface area contributed by atoms with E-state index in [2.05, 4.69) is 10.6 Å². The molecule has 0 bridgehead atoms. The molecule has 0 aliphatic heterocycles. The Bertz CT molecular complexity index is 1060. The van der Waals surface area contributed by atoms with E-state index in [1.165, 1.54) is 0 Å². The summed E-state index contributed by atoms with van der Waals surface area (Å²) in [5, 5.41) is 5.90. The van der Waals surface area contributed by atoms with Crippen LogP contribution in [0, 0.1) is 0 Å². The largest absolute Gasteiger partial charge is 0.457 e. The third kappa shape index (κ3) is 6.02. The number of anilines is 1. The molecule has 0 radical (unpaired) electrons. The van der Waals surface area contributed by atoms with Crippen LogP contribution in [0.1, 0.15) is 37.8 Å². The molecule has 0 aliphatic rings. The van der Waals surface area contributed by atoms with Gasteiger partial charge < -0.3 is 21.1 Å². The second-order valence-electron chi connectivity index (χ2n) is 7.22.